The Balaban J connectivity index is 1.65. The smallest absolute Gasteiger partial charge is 0.349 e. The van der Waals surface area contributed by atoms with E-state index in [0.29, 0.717) is 0 Å². The molecule has 0 spiro atoms. The lowest BCUT2D eigenvalue weighted by molar-refractivity contribution is -0.137. The van der Waals surface area contributed by atoms with E-state index in [1.807, 2.05) is 6.92 Å². The number of rotatable bonds is 5. The number of hydrogen-bond donors (Lipinski definition) is 2. The van der Waals surface area contributed by atoms with Crippen LogP contribution in [0, 0.1) is 0 Å². The maximum absolute atomic E-state index is 13.3. The van der Waals surface area contributed by atoms with Crippen molar-refractivity contribution in [2.24, 2.45) is 0 Å². The van der Waals surface area contributed by atoms with Crippen molar-refractivity contribution < 1.29 is 13.2 Å². The molecule has 4 rings (SSSR count). The molecule has 0 radical (unpaired) electrons. The summed E-state index contributed by atoms with van der Waals surface area (Å²) in [6.07, 6.45) is 1.03. The summed E-state index contributed by atoms with van der Waals surface area (Å²) in [6.45, 7) is 1.95. The van der Waals surface area contributed by atoms with E-state index in [9.17, 15) is 18.0 Å². The van der Waals surface area contributed by atoms with Gasteiger partial charge >= 0.3 is 6.18 Å². The summed E-state index contributed by atoms with van der Waals surface area (Å²) < 4.78 is 41.2. The number of anilines is 3. The maximum Gasteiger partial charge on any atom is 0.421 e. The van der Waals surface area contributed by atoms with Crippen molar-refractivity contribution in [2.45, 2.75) is 50.4 Å². The number of alkyl halides is 3. The number of hydrogen-bond acceptors (Lipinski definition) is 6. The first-order chi connectivity index (χ1) is 12.2. The first-order valence-corrected chi connectivity index (χ1v) is 8.32. The van der Waals surface area contributed by atoms with Crippen LogP contribution in [0.2, 0.25) is 0 Å². The predicted molar refractivity (Wildman–Crippen MR) is 88.3 cm³/mol. The van der Waals surface area contributed by atoms with Gasteiger partial charge in [0.15, 0.2) is 0 Å². The van der Waals surface area contributed by atoms with Crippen LogP contribution in [0.25, 0.3) is 0 Å². The van der Waals surface area contributed by atoms with Gasteiger partial charge in [-0.25, -0.2) is 9.67 Å². The fourth-order valence-electron chi connectivity index (χ4n) is 2.54. The largest absolute Gasteiger partial charge is 0.421 e. The molecule has 138 valence electrons. The van der Waals surface area contributed by atoms with Crippen molar-refractivity contribution in [2.75, 3.05) is 10.6 Å². The van der Waals surface area contributed by atoms with Crippen LogP contribution in [0.5, 0.6) is 0 Å². The van der Waals surface area contributed by atoms with Crippen molar-refractivity contribution in [1.82, 2.24) is 19.7 Å². The van der Waals surface area contributed by atoms with Gasteiger partial charge in [0, 0.05) is 17.8 Å². The summed E-state index contributed by atoms with van der Waals surface area (Å²) in [6, 6.07) is 1.32. The molecule has 0 atom stereocenters. The third-order valence-corrected chi connectivity index (χ3v) is 4.49. The van der Waals surface area contributed by atoms with Crippen molar-refractivity contribution in [3.8, 4) is 0 Å². The van der Waals surface area contributed by atoms with Crippen LogP contribution in [-0.2, 0) is 6.18 Å². The monoisotopic (exact) mass is 366 g/mol. The van der Waals surface area contributed by atoms with E-state index in [1.54, 1.807) is 0 Å². The van der Waals surface area contributed by atoms with E-state index in [2.05, 4.69) is 25.7 Å². The van der Waals surface area contributed by atoms with Crippen LogP contribution in [0.4, 0.5) is 30.6 Å². The van der Waals surface area contributed by atoms with Crippen LogP contribution in [0.15, 0.2) is 23.3 Å². The quantitative estimate of drug-likeness (QED) is 0.846. The number of nitrogens with zero attached hydrogens (tertiary/aromatic N) is 4. The molecule has 2 heterocycles. The Bertz CT molecular complexity index is 902. The van der Waals surface area contributed by atoms with Gasteiger partial charge in [0.05, 0.1) is 17.9 Å². The van der Waals surface area contributed by atoms with Gasteiger partial charge in [-0.1, -0.05) is 0 Å². The summed E-state index contributed by atoms with van der Waals surface area (Å²) in [5.41, 5.74) is -1.39. The van der Waals surface area contributed by atoms with Crippen molar-refractivity contribution >= 4 is 17.5 Å². The zero-order valence-corrected chi connectivity index (χ0v) is 14.0. The van der Waals surface area contributed by atoms with Crippen molar-refractivity contribution in [1.29, 1.82) is 0 Å². The second-order valence-corrected chi connectivity index (χ2v) is 7.02. The zero-order valence-electron chi connectivity index (χ0n) is 14.0. The van der Waals surface area contributed by atoms with Crippen molar-refractivity contribution in [3.63, 3.8) is 0 Å². The standard InChI is InChI=1S/C16H17F3N6O/c1-15(4-5-15)24-14-20-8-11(16(17,18)19)13(23-14)22-9-6-12(26)25(21-7-9)10-2-3-10/h6-8,10H,2-5H2,1H3,(H2,20,22,23,24). The zero-order chi connectivity index (χ0) is 18.5. The Morgan fingerprint density at radius 2 is 2.00 bits per heavy atom. The van der Waals surface area contributed by atoms with Gasteiger partial charge in [-0.05, 0) is 32.6 Å². The van der Waals surface area contributed by atoms with Gasteiger partial charge < -0.3 is 10.6 Å². The highest BCUT2D eigenvalue weighted by atomic mass is 19.4. The average molecular weight is 366 g/mol. The highest BCUT2D eigenvalue weighted by Crippen LogP contribution is 2.39. The minimum atomic E-state index is -4.62. The van der Waals surface area contributed by atoms with E-state index in [0.717, 1.165) is 31.9 Å². The van der Waals surface area contributed by atoms with E-state index in [4.69, 9.17) is 0 Å². The molecule has 0 unspecified atom stereocenters. The summed E-state index contributed by atoms with van der Waals surface area (Å²) in [5, 5.41) is 9.62. The average Bonchev–Trinajstić information content (AvgIpc) is 3.45. The van der Waals surface area contributed by atoms with Crippen LogP contribution >= 0.6 is 0 Å². The van der Waals surface area contributed by atoms with Gasteiger partial charge in [-0.2, -0.15) is 23.3 Å². The summed E-state index contributed by atoms with van der Waals surface area (Å²) in [7, 11) is 0. The molecular weight excluding hydrogens is 349 g/mol. The molecule has 2 saturated carbocycles. The summed E-state index contributed by atoms with van der Waals surface area (Å²) in [5.74, 6) is -0.301. The van der Waals surface area contributed by atoms with E-state index < -0.39 is 17.6 Å². The van der Waals surface area contributed by atoms with E-state index >= 15 is 0 Å². The first-order valence-electron chi connectivity index (χ1n) is 8.32. The molecule has 0 bridgehead atoms. The predicted octanol–water partition coefficient (Wildman–Crippen LogP) is 3.10. The lowest BCUT2D eigenvalue weighted by Gasteiger charge is -2.16. The van der Waals surface area contributed by atoms with Crippen LogP contribution in [0.1, 0.15) is 44.2 Å². The molecule has 10 heteroatoms. The molecule has 2 aromatic heterocycles. The van der Waals surface area contributed by atoms with Gasteiger partial charge in [0.1, 0.15) is 11.4 Å². The van der Waals surface area contributed by atoms with Crippen LogP contribution < -0.4 is 16.2 Å². The lowest BCUT2D eigenvalue weighted by Crippen LogP contribution is -2.22. The molecule has 2 fully saturated rings. The SMILES string of the molecule is CC1(Nc2ncc(C(F)(F)F)c(Nc3cnn(C4CC4)c(=O)c3)n2)CC1. The highest BCUT2D eigenvalue weighted by Gasteiger charge is 2.39. The Hall–Kier alpha value is -2.65. The molecule has 2 aromatic rings. The number of nitrogens with one attached hydrogen (secondary N) is 2. The minimum Gasteiger partial charge on any atom is -0.349 e. The minimum absolute atomic E-state index is 0.0939. The third-order valence-electron chi connectivity index (χ3n) is 4.49. The third kappa shape index (κ3) is 3.49. The molecule has 26 heavy (non-hydrogen) atoms. The second kappa shape index (κ2) is 5.68. The molecule has 0 aliphatic heterocycles. The van der Waals surface area contributed by atoms with Crippen molar-refractivity contribution in [3.05, 3.63) is 34.4 Å². The molecule has 0 amide bonds. The molecule has 2 aliphatic rings. The summed E-state index contributed by atoms with van der Waals surface area (Å²) >= 11 is 0. The molecular formula is C16H17F3N6O. The fourth-order valence-corrected chi connectivity index (χ4v) is 2.54. The maximum atomic E-state index is 13.3. The fraction of sp³-hybridized carbons (Fsp3) is 0.500. The Labute approximate surface area is 146 Å². The molecule has 2 aliphatic carbocycles. The van der Waals surface area contributed by atoms with E-state index in [-0.39, 0.29) is 28.8 Å². The highest BCUT2D eigenvalue weighted by molar-refractivity contribution is 5.60. The molecule has 0 saturated heterocycles. The van der Waals surface area contributed by atoms with Gasteiger partial charge in [0.25, 0.3) is 5.56 Å². The van der Waals surface area contributed by atoms with Crippen LogP contribution in [0.3, 0.4) is 0 Å². The number of aromatic nitrogens is 4. The van der Waals surface area contributed by atoms with Gasteiger partial charge in [-0.15, -0.1) is 0 Å². The molecule has 0 aromatic carbocycles. The van der Waals surface area contributed by atoms with Gasteiger partial charge in [0.2, 0.25) is 5.95 Å². The normalized spacial score (nSPS) is 18.5. The molecule has 7 nitrogen and oxygen atoms in total. The first kappa shape index (κ1) is 16.8. The number of halogens is 3. The Morgan fingerprint density at radius 1 is 1.27 bits per heavy atom. The van der Waals surface area contributed by atoms with Crippen LogP contribution in [-0.4, -0.2) is 25.3 Å². The second-order valence-electron chi connectivity index (χ2n) is 7.02. The summed E-state index contributed by atoms with van der Waals surface area (Å²) in [4.78, 5) is 19.8. The molecule has 2 N–H and O–H groups in total. The lowest BCUT2D eigenvalue weighted by atomic mass is 10.3. The van der Waals surface area contributed by atoms with E-state index in [1.165, 1.54) is 16.9 Å². The Morgan fingerprint density at radius 3 is 2.58 bits per heavy atom. The Kier molecular flexibility index (Phi) is 3.67. The van der Waals surface area contributed by atoms with Gasteiger partial charge in [-0.3, -0.25) is 4.79 Å². The topological polar surface area (TPSA) is 84.7 Å².